The van der Waals surface area contributed by atoms with Gasteiger partial charge in [-0.2, -0.15) is 0 Å². The van der Waals surface area contributed by atoms with Gasteiger partial charge in [0.2, 0.25) is 0 Å². The summed E-state index contributed by atoms with van der Waals surface area (Å²) in [6, 6.07) is 6.28. The van der Waals surface area contributed by atoms with E-state index >= 15 is 0 Å². The molecule has 0 fully saturated rings. The maximum Gasteiger partial charge on any atom is 0.344 e. The zero-order chi connectivity index (χ0) is 13.4. The van der Waals surface area contributed by atoms with Crippen LogP contribution in [0.15, 0.2) is 24.3 Å². The third kappa shape index (κ3) is 5.20. The van der Waals surface area contributed by atoms with E-state index in [0.717, 1.165) is 0 Å². The smallest absolute Gasteiger partial charge is 0.344 e. The summed E-state index contributed by atoms with van der Waals surface area (Å²) in [6.07, 6.45) is 0. The normalized spacial score (nSPS) is 9.61. The largest absolute Gasteiger partial charge is 0.482 e. The van der Waals surface area contributed by atoms with Gasteiger partial charge in [0.15, 0.2) is 13.2 Å². The molecule has 0 aliphatic heterocycles. The number of hydrogen-bond donors (Lipinski definition) is 1. The van der Waals surface area contributed by atoms with Gasteiger partial charge in [-0.15, -0.1) is 0 Å². The average molecular weight is 254 g/mol. The van der Waals surface area contributed by atoms with Gasteiger partial charge in [0.1, 0.15) is 11.5 Å². The number of esters is 1. The number of hydrogen-bond acceptors (Lipinski definition) is 5. The molecule has 6 heteroatoms. The molecular weight excluding hydrogens is 240 g/mol. The predicted octanol–water partition coefficient (Wildman–Crippen LogP) is 1.09. The SMILES string of the molecule is CCOC(=O)COc1ccc(OCC(=O)O)cc1. The Hall–Kier alpha value is -2.24. The molecule has 0 bridgehead atoms. The van der Waals surface area contributed by atoms with E-state index in [4.69, 9.17) is 19.3 Å². The number of benzene rings is 1. The molecule has 1 rings (SSSR count). The summed E-state index contributed by atoms with van der Waals surface area (Å²) in [6.45, 7) is 1.46. The van der Waals surface area contributed by atoms with Crippen molar-refractivity contribution in [2.75, 3.05) is 19.8 Å². The van der Waals surface area contributed by atoms with Gasteiger partial charge in [-0.1, -0.05) is 0 Å². The molecule has 18 heavy (non-hydrogen) atoms. The van der Waals surface area contributed by atoms with E-state index < -0.39 is 18.5 Å². The lowest BCUT2D eigenvalue weighted by molar-refractivity contribution is -0.145. The molecule has 0 aromatic heterocycles. The summed E-state index contributed by atoms with van der Waals surface area (Å²) < 4.78 is 14.8. The van der Waals surface area contributed by atoms with Gasteiger partial charge >= 0.3 is 11.9 Å². The Balaban J connectivity index is 2.40. The van der Waals surface area contributed by atoms with Crippen LogP contribution in [-0.2, 0) is 14.3 Å². The second-order valence-corrected chi connectivity index (χ2v) is 3.25. The average Bonchev–Trinajstić information content (AvgIpc) is 2.35. The van der Waals surface area contributed by atoms with Crippen molar-refractivity contribution in [3.63, 3.8) is 0 Å². The lowest BCUT2D eigenvalue weighted by atomic mass is 10.3. The van der Waals surface area contributed by atoms with E-state index in [1.54, 1.807) is 31.2 Å². The first kappa shape index (κ1) is 13.8. The fourth-order valence-electron chi connectivity index (χ4n) is 1.12. The molecular formula is C12H14O6. The molecule has 0 atom stereocenters. The molecule has 6 nitrogen and oxygen atoms in total. The number of ether oxygens (including phenoxy) is 3. The highest BCUT2D eigenvalue weighted by Crippen LogP contribution is 2.17. The molecule has 0 saturated heterocycles. The Bertz CT molecular complexity index is 398. The highest BCUT2D eigenvalue weighted by molar-refractivity contribution is 5.71. The van der Waals surface area contributed by atoms with Crippen LogP contribution in [0.25, 0.3) is 0 Å². The summed E-state index contributed by atoms with van der Waals surface area (Å²) >= 11 is 0. The van der Waals surface area contributed by atoms with Crippen molar-refractivity contribution in [1.29, 1.82) is 0 Å². The Morgan fingerprint density at radius 3 is 2.00 bits per heavy atom. The molecule has 0 unspecified atom stereocenters. The van der Waals surface area contributed by atoms with Crippen LogP contribution in [0.4, 0.5) is 0 Å². The zero-order valence-corrected chi connectivity index (χ0v) is 9.92. The number of rotatable bonds is 7. The quantitative estimate of drug-likeness (QED) is 0.733. The molecule has 98 valence electrons. The van der Waals surface area contributed by atoms with Crippen LogP contribution >= 0.6 is 0 Å². The second kappa shape index (κ2) is 7.16. The summed E-state index contributed by atoms with van der Waals surface area (Å²) in [7, 11) is 0. The second-order valence-electron chi connectivity index (χ2n) is 3.25. The van der Waals surface area contributed by atoms with Crippen molar-refractivity contribution in [2.45, 2.75) is 6.92 Å². The summed E-state index contributed by atoms with van der Waals surface area (Å²) in [4.78, 5) is 21.3. The third-order valence-electron chi connectivity index (χ3n) is 1.85. The van der Waals surface area contributed by atoms with Gasteiger partial charge in [0.05, 0.1) is 6.61 Å². The highest BCUT2D eigenvalue weighted by atomic mass is 16.6. The molecule has 1 aromatic carbocycles. The predicted molar refractivity (Wildman–Crippen MR) is 61.7 cm³/mol. The minimum Gasteiger partial charge on any atom is -0.482 e. The number of carbonyl (C=O) groups is 2. The standard InChI is InChI=1S/C12H14O6/c1-2-16-12(15)8-18-10-5-3-9(4-6-10)17-7-11(13)14/h3-6H,2,7-8H2,1H3,(H,13,14). The summed E-state index contributed by atoms with van der Waals surface area (Å²) in [5.74, 6) is -0.590. The Morgan fingerprint density at radius 1 is 1.06 bits per heavy atom. The monoisotopic (exact) mass is 254 g/mol. The number of carboxylic acid groups (broad SMARTS) is 1. The van der Waals surface area contributed by atoms with Gasteiger partial charge in [-0.25, -0.2) is 9.59 Å². The van der Waals surface area contributed by atoms with Crippen LogP contribution in [0, 0.1) is 0 Å². The molecule has 0 aliphatic rings. The molecule has 0 spiro atoms. The van der Waals surface area contributed by atoms with E-state index in [2.05, 4.69) is 0 Å². The summed E-state index contributed by atoms with van der Waals surface area (Å²) in [5.41, 5.74) is 0. The molecule has 1 aromatic rings. The van der Waals surface area contributed by atoms with Crippen molar-refractivity contribution >= 4 is 11.9 Å². The Kier molecular flexibility index (Phi) is 5.50. The van der Waals surface area contributed by atoms with Gasteiger partial charge in [0, 0.05) is 0 Å². The van der Waals surface area contributed by atoms with E-state index in [1.807, 2.05) is 0 Å². The third-order valence-corrected chi connectivity index (χ3v) is 1.85. The lowest BCUT2D eigenvalue weighted by Crippen LogP contribution is -2.14. The highest BCUT2D eigenvalue weighted by Gasteiger charge is 2.03. The van der Waals surface area contributed by atoms with Crippen LogP contribution in [0.2, 0.25) is 0 Å². The molecule has 0 heterocycles. The van der Waals surface area contributed by atoms with Gasteiger partial charge < -0.3 is 19.3 Å². The molecule has 0 aliphatic carbocycles. The first-order valence-electron chi connectivity index (χ1n) is 5.35. The first-order chi connectivity index (χ1) is 8.61. The molecule has 0 amide bonds. The minimum atomic E-state index is -1.04. The Morgan fingerprint density at radius 2 is 1.56 bits per heavy atom. The van der Waals surface area contributed by atoms with Gasteiger partial charge in [0.25, 0.3) is 0 Å². The molecule has 0 radical (unpaired) electrons. The number of aliphatic carboxylic acids is 1. The fourth-order valence-corrected chi connectivity index (χ4v) is 1.12. The first-order valence-corrected chi connectivity index (χ1v) is 5.35. The van der Waals surface area contributed by atoms with Crippen molar-refractivity contribution in [3.05, 3.63) is 24.3 Å². The van der Waals surface area contributed by atoms with Crippen molar-refractivity contribution in [2.24, 2.45) is 0 Å². The van der Waals surface area contributed by atoms with Crippen molar-refractivity contribution in [1.82, 2.24) is 0 Å². The van der Waals surface area contributed by atoms with Crippen LogP contribution in [0.5, 0.6) is 11.5 Å². The summed E-state index contributed by atoms with van der Waals surface area (Å²) in [5, 5.41) is 8.42. The van der Waals surface area contributed by atoms with Crippen LogP contribution in [0.3, 0.4) is 0 Å². The van der Waals surface area contributed by atoms with Gasteiger partial charge in [-0.3, -0.25) is 0 Å². The molecule has 0 saturated carbocycles. The number of carboxylic acids is 1. The van der Waals surface area contributed by atoms with E-state index in [-0.39, 0.29) is 6.61 Å². The maximum atomic E-state index is 11.0. The van der Waals surface area contributed by atoms with Gasteiger partial charge in [-0.05, 0) is 31.2 Å². The fraction of sp³-hybridized carbons (Fsp3) is 0.333. The van der Waals surface area contributed by atoms with Crippen molar-refractivity contribution < 1.29 is 28.9 Å². The van der Waals surface area contributed by atoms with E-state index in [1.165, 1.54) is 0 Å². The minimum absolute atomic E-state index is 0.164. The lowest BCUT2D eigenvalue weighted by Gasteiger charge is -2.07. The Labute approximate surface area is 104 Å². The van der Waals surface area contributed by atoms with E-state index in [0.29, 0.717) is 18.1 Å². The molecule has 1 N–H and O–H groups in total. The zero-order valence-electron chi connectivity index (χ0n) is 9.92. The topological polar surface area (TPSA) is 82.1 Å². The number of carbonyl (C=O) groups excluding carboxylic acids is 1. The van der Waals surface area contributed by atoms with Crippen LogP contribution in [0.1, 0.15) is 6.92 Å². The van der Waals surface area contributed by atoms with Crippen LogP contribution < -0.4 is 9.47 Å². The maximum absolute atomic E-state index is 11.0. The van der Waals surface area contributed by atoms with Crippen molar-refractivity contribution in [3.8, 4) is 11.5 Å². The van der Waals surface area contributed by atoms with E-state index in [9.17, 15) is 9.59 Å². The van der Waals surface area contributed by atoms with Crippen LogP contribution in [-0.4, -0.2) is 36.9 Å².